The lowest BCUT2D eigenvalue weighted by Gasteiger charge is -2.23. The van der Waals surface area contributed by atoms with E-state index in [1.54, 1.807) is 49.6 Å². The van der Waals surface area contributed by atoms with Crippen molar-refractivity contribution < 1.29 is 18.7 Å². The number of hydrogen-bond acceptors (Lipinski definition) is 4. The van der Waals surface area contributed by atoms with Gasteiger partial charge >= 0.3 is 0 Å². The Kier molecular flexibility index (Phi) is 5.61. The first-order valence-corrected chi connectivity index (χ1v) is 7.16. The third-order valence-corrected chi connectivity index (χ3v) is 3.51. The molecule has 0 aliphatic heterocycles. The number of carbonyl (C=O) groups excluding carboxylic acids is 1. The Morgan fingerprint density at radius 2 is 1.95 bits per heavy atom. The van der Waals surface area contributed by atoms with Gasteiger partial charge in [-0.2, -0.15) is 0 Å². The minimum Gasteiger partial charge on any atom is -0.491 e. The normalized spacial score (nSPS) is 12.0. The molecule has 0 saturated heterocycles. The number of carbonyl (C=O) groups is 1. The molecule has 0 spiro atoms. The van der Waals surface area contributed by atoms with Gasteiger partial charge in [0.2, 0.25) is 0 Å². The number of hydrogen-bond donors (Lipinski definition) is 0. The predicted molar refractivity (Wildman–Crippen MR) is 83.0 cm³/mol. The molecule has 5 heteroatoms. The molecule has 0 fully saturated rings. The van der Waals surface area contributed by atoms with Gasteiger partial charge in [-0.15, -0.1) is 0 Å². The molecular formula is C17H21NO4. The maximum atomic E-state index is 12.5. The summed E-state index contributed by atoms with van der Waals surface area (Å²) >= 11 is 0. The van der Waals surface area contributed by atoms with E-state index in [0.717, 1.165) is 11.5 Å². The van der Waals surface area contributed by atoms with Gasteiger partial charge in [0.25, 0.3) is 5.91 Å². The third kappa shape index (κ3) is 3.89. The fraction of sp³-hybridized carbons (Fsp3) is 0.353. The van der Waals surface area contributed by atoms with Crippen LogP contribution < -0.4 is 4.74 Å². The number of benzene rings is 1. The van der Waals surface area contributed by atoms with E-state index in [9.17, 15) is 4.79 Å². The van der Waals surface area contributed by atoms with Crippen LogP contribution in [0.25, 0.3) is 0 Å². The highest BCUT2D eigenvalue weighted by Gasteiger charge is 2.20. The average Bonchev–Trinajstić information content (AvgIpc) is 3.08. The summed E-state index contributed by atoms with van der Waals surface area (Å²) in [6, 6.07) is 10.6. The van der Waals surface area contributed by atoms with Crippen LogP contribution in [0.5, 0.6) is 5.75 Å². The molecule has 1 aromatic heterocycles. The lowest BCUT2D eigenvalue weighted by molar-refractivity contribution is 0.0726. The van der Waals surface area contributed by atoms with Gasteiger partial charge < -0.3 is 18.8 Å². The summed E-state index contributed by atoms with van der Waals surface area (Å²) in [7, 11) is 3.39. The van der Waals surface area contributed by atoms with Crippen LogP contribution in [0.3, 0.4) is 0 Å². The molecule has 22 heavy (non-hydrogen) atoms. The molecule has 1 unspecified atom stereocenters. The average molecular weight is 303 g/mol. The maximum Gasteiger partial charge on any atom is 0.254 e. The summed E-state index contributed by atoms with van der Waals surface area (Å²) in [5, 5.41) is 0. The van der Waals surface area contributed by atoms with Crippen LogP contribution in [-0.4, -0.2) is 38.2 Å². The van der Waals surface area contributed by atoms with Crippen molar-refractivity contribution in [2.75, 3.05) is 27.4 Å². The van der Waals surface area contributed by atoms with E-state index in [1.165, 1.54) is 0 Å². The largest absolute Gasteiger partial charge is 0.491 e. The summed E-state index contributed by atoms with van der Waals surface area (Å²) in [6.07, 6.45) is 1.61. The SMILES string of the molecule is COCCOc1ccc(C(=O)N(C)C(C)c2ccco2)cc1. The minimum atomic E-state index is -0.125. The fourth-order valence-electron chi connectivity index (χ4n) is 2.04. The Hall–Kier alpha value is -2.27. The summed E-state index contributed by atoms with van der Waals surface area (Å²) in [5.74, 6) is 1.41. The van der Waals surface area contributed by atoms with Crippen LogP contribution in [0, 0.1) is 0 Å². The quantitative estimate of drug-likeness (QED) is 0.737. The second kappa shape index (κ2) is 7.66. The standard InChI is InChI=1S/C17H21NO4/c1-13(16-5-4-10-22-16)18(2)17(19)14-6-8-15(9-7-14)21-12-11-20-3/h4-10,13H,11-12H2,1-3H3. The molecule has 1 heterocycles. The van der Waals surface area contributed by atoms with E-state index in [0.29, 0.717) is 18.8 Å². The molecule has 5 nitrogen and oxygen atoms in total. The van der Waals surface area contributed by atoms with Crippen LogP contribution in [0.15, 0.2) is 47.1 Å². The van der Waals surface area contributed by atoms with Crippen LogP contribution >= 0.6 is 0 Å². The van der Waals surface area contributed by atoms with Crippen LogP contribution in [0.4, 0.5) is 0 Å². The molecule has 1 amide bonds. The molecule has 0 aliphatic carbocycles. The molecule has 2 rings (SSSR count). The fourth-order valence-corrected chi connectivity index (χ4v) is 2.04. The molecule has 0 saturated carbocycles. The van der Waals surface area contributed by atoms with Crippen molar-refractivity contribution in [1.82, 2.24) is 4.90 Å². The number of ether oxygens (including phenoxy) is 2. The predicted octanol–water partition coefficient (Wildman–Crippen LogP) is 3.14. The van der Waals surface area contributed by atoms with Crippen LogP contribution in [0.1, 0.15) is 29.1 Å². The molecule has 1 aromatic carbocycles. The van der Waals surface area contributed by atoms with Crippen molar-refractivity contribution in [2.45, 2.75) is 13.0 Å². The van der Waals surface area contributed by atoms with Crippen LogP contribution in [0.2, 0.25) is 0 Å². The number of methoxy groups -OCH3 is 1. The van der Waals surface area contributed by atoms with E-state index in [1.807, 2.05) is 19.1 Å². The molecular weight excluding hydrogens is 282 g/mol. The summed E-state index contributed by atoms with van der Waals surface area (Å²) < 4.78 is 15.8. The Balaban J connectivity index is 1.99. The summed E-state index contributed by atoms with van der Waals surface area (Å²) in [4.78, 5) is 14.1. The number of furan rings is 1. The van der Waals surface area contributed by atoms with Gasteiger partial charge in [0.15, 0.2) is 0 Å². The van der Waals surface area contributed by atoms with E-state index in [4.69, 9.17) is 13.9 Å². The first-order valence-electron chi connectivity index (χ1n) is 7.16. The molecule has 0 radical (unpaired) electrons. The van der Waals surface area contributed by atoms with Gasteiger partial charge in [-0.1, -0.05) is 0 Å². The first-order chi connectivity index (χ1) is 10.6. The molecule has 118 valence electrons. The number of amides is 1. The second-order valence-electron chi connectivity index (χ2n) is 4.97. The van der Waals surface area contributed by atoms with Gasteiger partial charge in [0, 0.05) is 19.7 Å². The maximum absolute atomic E-state index is 12.5. The smallest absolute Gasteiger partial charge is 0.254 e. The topological polar surface area (TPSA) is 51.9 Å². The second-order valence-corrected chi connectivity index (χ2v) is 4.97. The zero-order valence-electron chi connectivity index (χ0n) is 13.1. The van der Waals surface area contributed by atoms with Crippen molar-refractivity contribution in [3.8, 4) is 5.75 Å². The highest BCUT2D eigenvalue weighted by Crippen LogP contribution is 2.22. The molecule has 0 bridgehead atoms. The van der Waals surface area contributed by atoms with Gasteiger partial charge in [-0.3, -0.25) is 4.79 Å². The van der Waals surface area contributed by atoms with Gasteiger partial charge in [-0.05, 0) is 43.3 Å². The molecule has 2 aromatic rings. The Bertz CT molecular complexity index is 577. The van der Waals surface area contributed by atoms with Gasteiger partial charge in [-0.25, -0.2) is 0 Å². The molecule has 1 atom stereocenters. The Morgan fingerprint density at radius 1 is 1.23 bits per heavy atom. The van der Waals surface area contributed by atoms with Crippen molar-refractivity contribution in [2.24, 2.45) is 0 Å². The first kappa shape index (κ1) is 16.1. The van der Waals surface area contributed by atoms with Gasteiger partial charge in [0.05, 0.1) is 18.9 Å². The summed E-state index contributed by atoms with van der Waals surface area (Å²) in [6.45, 7) is 2.95. The Labute approximate surface area is 130 Å². The zero-order chi connectivity index (χ0) is 15.9. The lowest BCUT2D eigenvalue weighted by atomic mass is 10.1. The van der Waals surface area contributed by atoms with E-state index < -0.39 is 0 Å². The van der Waals surface area contributed by atoms with Gasteiger partial charge in [0.1, 0.15) is 18.1 Å². The van der Waals surface area contributed by atoms with Crippen molar-refractivity contribution in [3.63, 3.8) is 0 Å². The number of nitrogens with zero attached hydrogens (tertiary/aromatic N) is 1. The Morgan fingerprint density at radius 3 is 2.55 bits per heavy atom. The van der Waals surface area contributed by atoms with Crippen molar-refractivity contribution >= 4 is 5.91 Å². The van der Waals surface area contributed by atoms with Crippen LogP contribution in [-0.2, 0) is 4.74 Å². The van der Waals surface area contributed by atoms with E-state index in [2.05, 4.69) is 0 Å². The van der Waals surface area contributed by atoms with Crippen molar-refractivity contribution in [1.29, 1.82) is 0 Å². The number of rotatable bonds is 7. The van der Waals surface area contributed by atoms with E-state index in [-0.39, 0.29) is 11.9 Å². The highest BCUT2D eigenvalue weighted by atomic mass is 16.5. The third-order valence-electron chi connectivity index (χ3n) is 3.51. The summed E-state index contributed by atoms with van der Waals surface area (Å²) in [5.41, 5.74) is 0.611. The molecule has 0 aliphatic rings. The monoisotopic (exact) mass is 303 g/mol. The van der Waals surface area contributed by atoms with E-state index >= 15 is 0 Å². The lowest BCUT2D eigenvalue weighted by Crippen LogP contribution is -2.29. The highest BCUT2D eigenvalue weighted by molar-refractivity contribution is 5.94. The molecule has 0 N–H and O–H groups in total. The zero-order valence-corrected chi connectivity index (χ0v) is 13.1. The minimum absolute atomic E-state index is 0.0626. The van der Waals surface area contributed by atoms with Crippen molar-refractivity contribution in [3.05, 3.63) is 54.0 Å².